The highest BCUT2D eigenvalue weighted by atomic mass is 16.1. The molecule has 1 atom stereocenters. The molecule has 1 amide bonds. The smallest absolute Gasteiger partial charge is 0.251 e. The van der Waals surface area contributed by atoms with Gasteiger partial charge in [0.25, 0.3) is 5.91 Å². The van der Waals surface area contributed by atoms with Crippen molar-refractivity contribution in [3.63, 3.8) is 0 Å². The van der Waals surface area contributed by atoms with E-state index in [2.05, 4.69) is 29.5 Å². The zero-order chi connectivity index (χ0) is 15.0. The number of amides is 1. The van der Waals surface area contributed by atoms with Crippen LogP contribution in [0.15, 0.2) is 12.1 Å². The molecule has 1 unspecified atom stereocenters. The van der Waals surface area contributed by atoms with Gasteiger partial charge in [-0.3, -0.25) is 4.79 Å². The van der Waals surface area contributed by atoms with E-state index < -0.39 is 0 Å². The van der Waals surface area contributed by atoms with Crippen molar-refractivity contribution < 1.29 is 4.79 Å². The number of anilines is 1. The van der Waals surface area contributed by atoms with Crippen LogP contribution >= 0.6 is 0 Å². The lowest BCUT2D eigenvalue weighted by atomic mass is 10.1. The second kappa shape index (κ2) is 8.56. The minimum absolute atomic E-state index is 0.0115. The monoisotopic (exact) mass is 277 g/mol. The van der Waals surface area contributed by atoms with E-state index in [1.54, 1.807) is 0 Å². The van der Waals surface area contributed by atoms with Gasteiger partial charge in [0, 0.05) is 23.8 Å². The third-order valence-corrected chi connectivity index (χ3v) is 3.16. The summed E-state index contributed by atoms with van der Waals surface area (Å²) in [6, 6.07) is 3.92. The standard InChI is InChI=1S/C16H27N3O/c1-5-8-12(4)18-16(20)13-10-14(7-3)19-15(11-13)17-9-6-2/h10-12H,5-9H2,1-4H3,(H,17,19)(H,18,20). The minimum Gasteiger partial charge on any atom is -0.370 e. The summed E-state index contributed by atoms with van der Waals surface area (Å²) in [5, 5.41) is 6.29. The number of nitrogens with one attached hydrogen (secondary N) is 2. The number of rotatable bonds is 8. The van der Waals surface area contributed by atoms with Crippen LogP contribution in [-0.2, 0) is 6.42 Å². The van der Waals surface area contributed by atoms with E-state index in [4.69, 9.17) is 0 Å². The normalized spacial score (nSPS) is 12.0. The molecule has 0 aromatic carbocycles. The third-order valence-electron chi connectivity index (χ3n) is 3.16. The number of hydrogen-bond donors (Lipinski definition) is 2. The van der Waals surface area contributed by atoms with Crippen molar-refractivity contribution in [2.24, 2.45) is 0 Å². The minimum atomic E-state index is -0.0115. The van der Waals surface area contributed by atoms with Crippen LogP contribution in [0.25, 0.3) is 0 Å². The fraction of sp³-hybridized carbons (Fsp3) is 0.625. The molecule has 1 heterocycles. The van der Waals surface area contributed by atoms with Gasteiger partial charge >= 0.3 is 0 Å². The molecule has 0 spiro atoms. The van der Waals surface area contributed by atoms with Gasteiger partial charge < -0.3 is 10.6 Å². The Balaban J connectivity index is 2.83. The predicted molar refractivity (Wildman–Crippen MR) is 84.2 cm³/mol. The van der Waals surface area contributed by atoms with Crippen LogP contribution in [0.1, 0.15) is 63.0 Å². The van der Waals surface area contributed by atoms with Crippen molar-refractivity contribution in [3.05, 3.63) is 23.4 Å². The number of aromatic nitrogens is 1. The van der Waals surface area contributed by atoms with Crippen LogP contribution in [0.3, 0.4) is 0 Å². The van der Waals surface area contributed by atoms with Crippen LogP contribution in [0.2, 0.25) is 0 Å². The Bertz CT molecular complexity index is 432. The third kappa shape index (κ3) is 5.19. The van der Waals surface area contributed by atoms with Gasteiger partial charge in [0.15, 0.2) is 0 Å². The van der Waals surface area contributed by atoms with Gasteiger partial charge in [0.05, 0.1) is 0 Å². The Hall–Kier alpha value is -1.58. The molecule has 1 aromatic rings. The average molecular weight is 277 g/mol. The van der Waals surface area contributed by atoms with Crippen molar-refractivity contribution in [2.75, 3.05) is 11.9 Å². The molecule has 0 fully saturated rings. The SMILES string of the molecule is CCCNc1cc(C(=O)NC(C)CCC)cc(CC)n1. The Labute approximate surface area is 122 Å². The first kappa shape index (κ1) is 16.5. The Morgan fingerprint density at radius 3 is 2.60 bits per heavy atom. The van der Waals surface area contributed by atoms with E-state index >= 15 is 0 Å². The topological polar surface area (TPSA) is 54.0 Å². The molecule has 4 nitrogen and oxygen atoms in total. The second-order valence-electron chi connectivity index (χ2n) is 5.18. The highest BCUT2D eigenvalue weighted by Gasteiger charge is 2.11. The first-order chi connectivity index (χ1) is 9.60. The molecular formula is C16H27N3O. The van der Waals surface area contributed by atoms with Gasteiger partial charge in [-0.15, -0.1) is 0 Å². The van der Waals surface area contributed by atoms with Gasteiger partial charge in [-0.2, -0.15) is 0 Å². The fourth-order valence-corrected chi connectivity index (χ4v) is 2.06. The van der Waals surface area contributed by atoms with E-state index in [9.17, 15) is 4.79 Å². The van der Waals surface area contributed by atoms with Crippen molar-refractivity contribution in [3.8, 4) is 0 Å². The summed E-state index contributed by atoms with van der Waals surface area (Å²) in [4.78, 5) is 16.8. The molecule has 20 heavy (non-hydrogen) atoms. The summed E-state index contributed by atoms with van der Waals surface area (Å²) in [6.07, 6.45) is 3.93. The van der Waals surface area contributed by atoms with Crippen molar-refractivity contribution in [2.45, 2.75) is 59.4 Å². The van der Waals surface area contributed by atoms with Gasteiger partial charge in [-0.25, -0.2) is 4.98 Å². The molecule has 0 saturated carbocycles. The molecular weight excluding hydrogens is 250 g/mol. The predicted octanol–water partition coefficient (Wildman–Crippen LogP) is 3.38. The number of nitrogens with zero attached hydrogens (tertiary/aromatic N) is 1. The first-order valence-corrected chi connectivity index (χ1v) is 7.66. The number of aryl methyl sites for hydroxylation is 1. The summed E-state index contributed by atoms with van der Waals surface area (Å²) in [5.74, 6) is 0.780. The molecule has 0 saturated heterocycles. The molecule has 4 heteroatoms. The molecule has 2 N–H and O–H groups in total. The van der Waals surface area contributed by atoms with Crippen LogP contribution in [0, 0.1) is 0 Å². The number of hydrogen-bond acceptors (Lipinski definition) is 3. The zero-order valence-corrected chi connectivity index (χ0v) is 13.1. The second-order valence-corrected chi connectivity index (χ2v) is 5.18. The van der Waals surface area contributed by atoms with E-state index in [1.165, 1.54) is 0 Å². The van der Waals surface area contributed by atoms with E-state index in [1.807, 2.05) is 26.0 Å². The van der Waals surface area contributed by atoms with Gasteiger partial charge in [-0.1, -0.05) is 27.2 Å². The van der Waals surface area contributed by atoms with E-state index in [-0.39, 0.29) is 11.9 Å². The van der Waals surface area contributed by atoms with Crippen molar-refractivity contribution >= 4 is 11.7 Å². The van der Waals surface area contributed by atoms with Gasteiger partial charge in [0.2, 0.25) is 0 Å². The summed E-state index contributed by atoms with van der Waals surface area (Å²) in [5.41, 5.74) is 1.64. The Kier molecular flexibility index (Phi) is 7.05. The average Bonchev–Trinajstić information content (AvgIpc) is 2.44. The lowest BCUT2D eigenvalue weighted by Crippen LogP contribution is -2.32. The lowest BCUT2D eigenvalue weighted by Gasteiger charge is -2.14. The van der Waals surface area contributed by atoms with Gasteiger partial charge in [0.1, 0.15) is 5.82 Å². The van der Waals surface area contributed by atoms with Crippen LogP contribution in [0.4, 0.5) is 5.82 Å². The highest BCUT2D eigenvalue weighted by molar-refractivity contribution is 5.95. The van der Waals surface area contributed by atoms with Crippen molar-refractivity contribution in [1.29, 1.82) is 0 Å². The molecule has 112 valence electrons. The molecule has 0 aliphatic rings. The van der Waals surface area contributed by atoms with Crippen LogP contribution in [0.5, 0.6) is 0 Å². The first-order valence-electron chi connectivity index (χ1n) is 7.66. The summed E-state index contributed by atoms with van der Waals surface area (Å²) in [7, 11) is 0. The molecule has 1 rings (SSSR count). The quantitative estimate of drug-likeness (QED) is 0.766. The zero-order valence-electron chi connectivity index (χ0n) is 13.1. The number of carbonyl (C=O) groups excluding carboxylic acids is 1. The van der Waals surface area contributed by atoms with E-state index in [0.717, 1.165) is 43.7 Å². The number of carbonyl (C=O) groups is 1. The van der Waals surface area contributed by atoms with Gasteiger partial charge in [-0.05, 0) is 38.3 Å². The van der Waals surface area contributed by atoms with Crippen LogP contribution in [-0.4, -0.2) is 23.5 Å². The Morgan fingerprint density at radius 2 is 2.00 bits per heavy atom. The maximum absolute atomic E-state index is 12.3. The van der Waals surface area contributed by atoms with Crippen LogP contribution < -0.4 is 10.6 Å². The summed E-state index contributed by atoms with van der Waals surface area (Å²) in [6.45, 7) is 9.19. The summed E-state index contributed by atoms with van der Waals surface area (Å²) < 4.78 is 0. The van der Waals surface area contributed by atoms with Crippen molar-refractivity contribution in [1.82, 2.24) is 10.3 Å². The molecule has 0 aliphatic carbocycles. The molecule has 0 radical (unpaired) electrons. The molecule has 0 bridgehead atoms. The maximum Gasteiger partial charge on any atom is 0.251 e. The number of pyridine rings is 1. The molecule has 0 aliphatic heterocycles. The fourth-order valence-electron chi connectivity index (χ4n) is 2.06. The highest BCUT2D eigenvalue weighted by Crippen LogP contribution is 2.12. The largest absolute Gasteiger partial charge is 0.370 e. The lowest BCUT2D eigenvalue weighted by molar-refractivity contribution is 0.0938. The van der Waals surface area contributed by atoms with E-state index in [0.29, 0.717) is 5.56 Å². The molecule has 1 aromatic heterocycles. The summed E-state index contributed by atoms with van der Waals surface area (Å²) >= 11 is 0. The maximum atomic E-state index is 12.3. The Morgan fingerprint density at radius 1 is 1.25 bits per heavy atom.